The summed E-state index contributed by atoms with van der Waals surface area (Å²) in [6.45, 7) is 3.24. The van der Waals surface area contributed by atoms with E-state index in [1.54, 1.807) is 0 Å². The highest BCUT2D eigenvalue weighted by Crippen LogP contribution is 2.15. The summed E-state index contributed by atoms with van der Waals surface area (Å²) < 4.78 is 10.5. The normalized spacial score (nSPS) is 19.7. The predicted molar refractivity (Wildman–Crippen MR) is 66.2 cm³/mol. The number of nitrogens with one attached hydrogen (secondary N) is 1. The highest BCUT2D eigenvalue weighted by molar-refractivity contribution is 5.76. The second-order valence-corrected chi connectivity index (χ2v) is 4.72. The molecule has 0 bridgehead atoms. The van der Waals surface area contributed by atoms with Gasteiger partial charge in [-0.1, -0.05) is 5.16 Å². The van der Waals surface area contributed by atoms with Gasteiger partial charge in [-0.05, 0) is 26.2 Å². The molecule has 1 atom stereocenters. The maximum atomic E-state index is 11.7. The van der Waals surface area contributed by atoms with Crippen LogP contribution in [0.25, 0.3) is 0 Å². The first-order chi connectivity index (χ1) is 8.74. The van der Waals surface area contributed by atoms with Crippen LogP contribution in [0.1, 0.15) is 37.1 Å². The Hall–Kier alpha value is -1.36. The van der Waals surface area contributed by atoms with E-state index in [0.717, 1.165) is 37.3 Å². The number of ether oxygens (including phenoxy) is 1. The number of amides is 1. The Morgan fingerprint density at radius 3 is 3.11 bits per heavy atom. The van der Waals surface area contributed by atoms with Crippen LogP contribution < -0.4 is 5.32 Å². The molecule has 0 saturated carbocycles. The lowest BCUT2D eigenvalue weighted by Crippen LogP contribution is -2.31. The fraction of sp³-hybridized carbons (Fsp3) is 0.692. The number of nitrogens with zero attached hydrogens (tertiary/aromatic N) is 1. The van der Waals surface area contributed by atoms with Crippen molar-refractivity contribution in [1.29, 1.82) is 0 Å². The summed E-state index contributed by atoms with van der Waals surface area (Å²) in [6.07, 6.45) is 4.55. The summed E-state index contributed by atoms with van der Waals surface area (Å²) in [5.41, 5.74) is 0.877. The van der Waals surface area contributed by atoms with Crippen molar-refractivity contribution in [3.05, 3.63) is 17.5 Å². The number of rotatable bonds is 5. The van der Waals surface area contributed by atoms with Crippen molar-refractivity contribution in [3.8, 4) is 0 Å². The third-order valence-electron chi connectivity index (χ3n) is 3.07. The van der Waals surface area contributed by atoms with Crippen LogP contribution in [-0.4, -0.2) is 30.3 Å². The van der Waals surface area contributed by atoms with Crippen LogP contribution in [0.4, 0.5) is 0 Å². The van der Waals surface area contributed by atoms with Gasteiger partial charge < -0.3 is 14.6 Å². The van der Waals surface area contributed by atoms with E-state index in [0.29, 0.717) is 19.4 Å². The fourth-order valence-electron chi connectivity index (χ4n) is 2.11. The van der Waals surface area contributed by atoms with E-state index in [-0.39, 0.29) is 12.0 Å². The summed E-state index contributed by atoms with van der Waals surface area (Å²) in [6, 6.07) is 1.89. The van der Waals surface area contributed by atoms with Crippen LogP contribution in [0.3, 0.4) is 0 Å². The van der Waals surface area contributed by atoms with Crippen LogP contribution in [0, 0.1) is 6.92 Å². The van der Waals surface area contributed by atoms with Crippen molar-refractivity contribution in [3.63, 3.8) is 0 Å². The third kappa shape index (κ3) is 4.14. The average Bonchev–Trinajstić information content (AvgIpc) is 2.76. The molecule has 1 saturated heterocycles. The Morgan fingerprint density at radius 1 is 1.56 bits per heavy atom. The zero-order valence-electron chi connectivity index (χ0n) is 10.8. The molecule has 2 rings (SSSR count). The number of aryl methyl sites for hydroxylation is 1. The van der Waals surface area contributed by atoms with Gasteiger partial charge in [0.15, 0.2) is 0 Å². The molecule has 0 spiro atoms. The molecule has 0 aliphatic carbocycles. The average molecular weight is 252 g/mol. The minimum Gasteiger partial charge on any atom is -0.378 e. The first-order valence-electron chi connectivity index (χ1n) is 6.54. The topological polar surface area (TPSA) is 64.4 Å². The third-order valence-corrected chi connectivity index (χ3v) is 3.07. The van der Waals surface area contributed by atoms with Gasteiger partial charge in [-0.3, -0.25) is 4.79 Å². The van der Waals surface area contributed by atoms with Gasteiger partial charge in [-0.15, -0.1) is 0 Å². The van der Waals surface area contributed by atoms with Crippen molar-refractivity contribution in [2.75, 3.05) is 13.2 Å². The van der Waals surface area contributed by atoms with Crippen molar-refractivity contribution < 1.29 is 14.1 Å². The van der Waals surface area contributed by atoms with Crippen LogP contribution >= 0.6 is 0 Å². The highest BCUT2D eigenvalue weighted by Gasteiger charge is 2.17. The van der Waals surface area contributed by atoms with Crippen LogP contribution in [0.2, 0.25) is 0 Å². The van der Waals surface area contributed by atoms with E-state index in [1.165, 1.54) is 0 Å². The van der Waals surface area contributed by atoms with Gasteiger partial charge in [0.1, 0.15) is 5.76 Å². The molecule has 1 amide bonds. The number of carbonyl (C=O) groups excluding carboxylic acids is 1. The Kier molecular flexibility index (Phi) is 4.75. The monoisotopic (exact) mass is 252 g/mol. The summed E-state index contributed by atoms with van der Waals surface area (Å²) >= 11 is 0. The molecule has 0 aromatic carbocycles. The minimum atomic E-state index is 0.0575. The van der Waals surface area contributed by atoms with E-state index in [2.05, 4.69) is 10.5 Å². The van der Waals surface area contributed by atoms with E-state index >= 15 is 0 Å². The largest absolute Gasteiger partial charge is 0.378 e. The summed E-state index contributed by atoms with van der Waals surface area (Å²) in [7, 11) is 0. The quantitative estimate of drug-likeness (QED) is 0.864. The zero-order chi connectivity index (χ0) is 12.8. The molecule has 1 aliphatic rings. The van der Waals surface area contributed by atoms with Gasteiger partial charge in [0, 0.05) is 25.6 Å². The van der Waals surface area contributed by atoms with Crippen LogP contribution in [0.15, 0.2) is 10.6 Å². The molecule has 100 valence electrons. The SMILES string of the molecule is Cc1cc(CCNC(=O)CC2CCCCO2)no1. The second-order valence-electron chi connectivity index (χ2n) is 4.72. The molecule has 1 unspecified atom stereocenters. The second kappa shape index (κ2) is 6.54. The van der Waals surface area contributed by atoms with Gasteiger partial charge in [0.05, 0.1) is 18.2 Å². The molecule has 0 radical (unpaired) electrons. The fourth-order valence-corrected chi connectivity index (χ4v) is 2.11. The number of aromatic nitrogens is 1. The maximum absolute atomic E-state index is 11.7. The Labute approximate surface area is 107 Å². The summed E-state index contributed by atoms with van der Waals surface area (Å²) in [4.78, 5) is 11.7. The Balaban J connectivity index is 1.62. The lowest BCUT2D eigenvalue weighted by atomic mass is 10.1. The van der Waals surface area contributed by atoms with Crippen LogP contribution in [0.5, 0.6) is 0 Å². The van der Waals surface area contributed by atoms with Gasteiger partial charge >= 0.3 is 0 Å². The molecule has 5 heteroatoms. The maximum Gasteiger partial charge on any atom is 0.222 e. The van der Waals surface area contributed by atoms with E-state index in [1.807, 2.05) is 13.0 Å². The molecular weight excluding hydrogens is 232 g/mol. The molecule has 2 heterocycles. The van der Waals surface area contributed by atoms with Gasteiger partial charge in [0.2, 0.25) is 5.91 Å². The zero-order valence-corrected chi connectivity index (χ0v) is 10.8. The Morgan fingerprint density at radius 2 is 2.44 bits per heavy atom. The molecule has 1 aromatic heterocycles. The van der Waals surface area contributed by atoms with Crippen molar-refractivity contribution in [1.82, 2.24) is 10.5 Å². The molecule has 18 heavy (non-hydrogen) atoms. The van der Waals surface area contributed by atoms with Gasteiger partial charge in [-0.25, -0.2) is 0 Å². The van der Waals surface area contributed by atoms with Gasteiger partial charge in [-0.2, -0.15) is 0 Å². The standard InChI is InChI=1S/C13H20N2O3/c1-10-8-11(15-18-10)5-6-14-13(16)9-12-4-2-3-7-17-12/h8,12H,2-7,9H2,1H3,(H,14,16). The predicted octanol–water partition coefficient (Wildman–Crippen LogP) is 1.60. The first-order valence-corrected chi connectivity index (χ1v) is 6.54. The number of carbonyl (C=O) groups is 1. The summed E-state index contributed by atoms with van der Waals surface area (Å²) in [5, 5.41) is 6.76. The van der Waals surface area contributed by atoms with E-state index < -0.39 is 0 Å². The van der Waals surface area contributed by atoms with Gasteiger partial charge in [0.25, 0.3) is 0 Å². The molecule has 1 aromatic rings. The first kappa shape index (κ1) is 13.1. The van der Waals surface area contributed by atoms with E-state index in [4.69, 9.17) is 9.26 Å². The van der Waals surface area contributed by atoms with Crippen molar-refractivity contribution in [2.24, 2.45) is 0 Å². The number of hydrogen-bond acceptors (Lipinski definition) is 4. The number of hydrogen-bond donors (Lipinski definition) is 1. The van der Waals surface area contributed by atoms with Crippen LogP contribution in [-0.2, 0) is 16.0 Å². The lowest BCUT2D eigenvalue weighted by molar-refractivity contribution is -0.124. The summed E-state index contributed by atoms with van der Waals surface area (Å²) in [5.74, 6) is 0.856. The molecule has 1 fully saturated rings. The molecule has 1 N–H and O–H groups in total. The van der Waals surface area contributed by atoms with Crippen molar-refractivity contribution in [2.45, 2.75) is 45.1 Å². The molecule has 1 aliphatic heterocycles. The lowest BCUT2D eigenvalue weighted by Gasteiger charge is -2.21. The molecule has 5 nitrogen and oxygen atoms in total. The van der Waals surface area contributed by atoms with Crippen molar-refractivity contribution >= 4 is 5.91 Å². The molecular formula is C13H20N2O3. The van der Waals surface area contributed by atoms with E-state index in [9.17, 15) is 4.79 Å². The smallest absolute Gasteiger partial charge is 0.222 e. The minimum absolute atomic E-state index is 0.0575. The highest BCUT2D eigenvalue weighted by atomic mass is 16.5. The Bertz CT molecular complexity index is 383.